The van der Waals surface area contributed by atoms with Crippen LogP contribution >= 0.6 is 0 Å². The van der Waals surface area contributed by atoms with Gasteiger partial charge in [0.25, 0.3) is 0 Å². The smallest absolute Gasteiger partial charge is 0.398 e. The molecule has 4 heteroatoms. The summed E-state index contributed by atoms with van der Waals surface area (Å²) in [6, 6.07) is 7.86. The van der Waals surface area contributed by atoms with Gasteiger partial charge in [0.15, 0.2) is 0 Å². The highest BCUT2D eigenvalue weighted by Gasteiger charge is 2.53. The van der Waals surface area contributed by atoms with Crippen molar-refractivity contribution in [1.29, 1.82) is 0 Å². The van der Waals surface area contributed by atoms with Crippen LogP contribution in [0.5, 0.6) is 0 Å². The number of allylic oxidation sites excluding steroid dienone is 1. The maximum atomic E-state index is 14.9. The Balaban J connectivity index is 2.35. The van der Waals surface area contributed by atoms with Gasteiger partial charge >= 0.3 is 7.12 Å². The van der Waals surface area contributed by atoms with Crippen LogP contribution < -0.4 is 0 Å². The standard InChI is InChI=1S/C17H24BFO2/c1-7-14(13-10-8-12(2)9-11-13)15(19)18-20-16(3,4)17(5,6)21-18/h8-11H,7H2,1-6H3. The van der Waals surface area contributed by atoms with Crippen LogP contribution in [0.3, 0.4) is 0 Å². The molecule has 1 aromatic rings. The van der Waals surface area contributed by atoms with Gasteiger partial charge in [0, 0.05) is 0 Å². The predicted molar refractivity (Wildman–Crippen MR) is 85.6 cm³/mol. The molecule has 21 heavy (non-hydrogen) atoms. The summed E-state index contributed by atoms with van der Waals surface area (Å²) in [6.45, 7) is 11.7. The third kappa shape index (κ3) is 3.07. The monoisotopic (exact) mass is 290 g/mol. The van der Waals surface area contributed by atoms with Crippen molar-refractivity contribution in [3.05, 3.63) is 41.1 Å². The minimum atomic E-state index is -0.925. The van der Waals surface area contributed by atoms with Crippen molar-refractivity contribution >= 4 is 12.7 Å². The van der Waals surface area contributed by atoms with E-state index in [-0.39, 0.29) is 5.73 Å². The van der Waals surface area contributed by atoms with E-state index in [2.05, 4.69) is 0 Å². The highest BCUT2D eigenvalue weighted by molar-refractivity contribution is 6.55. The molecule has 0 aliphatic carbocycles. The second-order valence-corrected chi connectivity index (χ2v) is 6.63. The zero-order valence-corrected chi connectivity index (χ0v) is 13.8. The van der Waals surface area contributed by atoms with Gasteiger partial charge < -0.3 is 9.31 Å². The molecule has 0 atom stereocenters. The number of hydrogen-bond donors (Lipinski definition) is 0. The van der Waals surface area contributed by atoms with Gasteiger partial charge in [-0.2, -0.15) is 0 Å². The molecular weight excluding hydrogens is 266 g/mol. The summed E-state index contributed by atoms with van der Waals surface area (Å²) in [4.78, 5) is 0. The Morgan fingerprint density at radius 1 is 1.05 bits per heavy atom. The molecule has 0 N–H and O–H groups in total. The van der Waals surface area contributed by atoms with Gasteiger partial charge in [-0.3, -0.25) is 0 Å². The van der Waals surface area contributed by atoms with E-state index in [1.807, 2.05) is 65.8 Å². The number of halogens is 1. The highest BCUT2D eigenvalue weighted by Crippen LogP contribution is 2.40. The van der Waals surface area contributed by atoms with Crippen LogP contribution in [0.25, 0.3) is 5.57 Å². The minimum Gasteiger partial charge on any atom is -0.398 e. The first-order valence-electron chi connectivity index (χ1n) is 7.49. The molecule has 1 saturated heterocycles. The molecule has 114 valence electrons. The van der Waals surface area contributed by atoms with Gasteiger partial charge in [-0.05, 0) is 52.2 Å². The average molecular weight is 290 g/mol. The first-order chi connectivity index (χ1) is 9.68. The fourth-order valence-corrected chi connectivity index (χ4v) is 2.35. The summed E-state index contributed by atoms with van der Waals surface area (Å²) in [5, 5.41) is 0. The lowest BCUT2D eigenvalue weighted by atomic mass is 9.82. The molecule has 0 radical (unpaired) electrons. The lowest BCUT2D eigenvalue weighted by Gasteiger charge is -2.32. The van der Waals surface area contributed by atoms with E-state index in [9.17, 15) is 4.39 Å². The van der Waals surface area contributed by atoms with E-state index in [1.165, 1.54) is 0 Å². The molecular formula is C17H24BFO2. The fraction of sp³-hybridized carbons (Fsp3) is 0.529. The Morgan fingerprint density at radius 3 is 1.95 bits per heavy atom. The normalized spacial score (nSPS) is 21.4. The van der Waals surface area contributed by atoms with Gasteiger partial charge in [-0.25, -0.2) is 4.39 Å². The molecule has 0 spiro atoms. The first-order valence-corrected chi connectivity index (χ1v) is 7.49. The number of aryl methyl sites for hydroxylation is 1. The molecule has 2 nitrogen and oxygen atoms in total. The summed E-state index contributed by atoms with van der Waals surface area (Å²) in [6.07, 6.45) is 0.596. The first kappa shape index (κ1) is 16.2. The lowest BCUT2D eigenvalue weighted by Crippen LogP contribution is -2.41. The maximum Gasteiger partial charge on any atom is 0.525 e. The van der Waals surface area contributed by atoms with Crippen molar-refractivity contribution in [2.45, 2.75) is 59.2 Å². The summed E-state index contributed by atoms with van der Waals surface area (Å²) in [5.41, 5.74) is 1.32. The van der Waals surface area contributed by atoms with Crippen LogP contribution in [-0.2, 0) is 9.31 Å². The van der Waals surface area contributed by atoms with E-state index in [0.717, 1.165) is 11.1 Å². The largest absolute Gasteiger partial charge is 0.525 e. The van der Waals surface area contributed by atoms with Crippen LogP contribution in [-0.4, -0.2) is 18.3 Å². The van der Waals surface area contributed by atoms with Crippen molar-refractivity contribution in [2.24, 2.45) is 0 Å². The average Bonchev–Trinajstić information content (AvgIpc) is 2.61. The van der Waals surface area contributed by atoms with E-state index in [0.29, 0.717) is 12.0 Å². The Bertz CT molecular complexity index is 530. The van der Waals surface area contributed by atoms with E-state index in [4.69, 9.17) is 9.31 Å². The molecule has 1 aliphatic heterocycles. The van der Waals surface area contributed by atoms with Gasteiger partial charge in [-0.15, -0.1) is 0 Å². The topological polar surface area (TPSA) is 18.5 Å². The van der Waals surface area contributed by atoms with Crippen LogP contribution in [0.1, 0.15) is 52.2 Å². The summed E-state index contributed by atoms with van der Waals surface area (Å²) >= 11 is 0. The quantitative estimate of drug-likeness (QED) is 0.750. The molecule has 0 aromatic heterocycles. The Hall–Kier alpha value is -1.13. The molecule has 1 aromatic carbocycles. The van der Waals surface area contributed by atoms with Crippen molar-refractivity contribution in [3.8, 4) is 0 Å². The molecule has 1 aliphatic rings. The number of rotatable bonds is 3. The highest BCUT2D eigenvalue weighted by atomic mass is 19.1. The third-order valence-electron chi connectivity index (χ3n) is 4.50. The lowest BCUT2D eigenvalue weighted by molar-refractivity contribution is 0.00578. The van der Waals surface area contributed by atoms with E-state index in [1.54, 1.807) is 0 Å². The van der Waals surface area contributed by atoms with Crippen LogP contribution in [0.15, 0.2) is 30.0 Å². The van der Waals surface area contributed by atoms with Gasteiger partial charge in [0.2, 0.25) is 0 Å². The van der Waals surface area contributed by atoms with Crippen molar-refractivity contribution in [1.82, 2.24) is 0 Å². The van der Waals surface area contributed by atoms with Crippen molar-refractivity contribution in [2.75, 3.05) is 0 Å². The fourth-order valence-electron chi connectivity index (χ4n) is 2.35. The molecule has 1 fully saturated rings. The van der Waals surface area contributed by atoms with Gasteiger partial charge in [0.05, 0.1) is 11.2 Å². The van der Waals surface area contributed by atoms with E-state index >= 15 is 0 Å². The summed E-state index contributed by atoms with van der Waals surface area (Å²) < 4.78 is 26.5. The van der Waals surface area contributed by atoms with Gasteiger partial charge in [0.1, 0.15) is 5.73 Å². The maximum absolute atomic E-state index is 14.9. The third-order valence-corrected chi connectivity index (χ3v) is 4.50. The second kappa shape index (κ2) is 5.58. The predicted octanol–water partition coefficient (Wildman–Crippen LogP) is 4.72. The molecule has 0 amide bonds. The van der Waals surface area contributed by atoms with Crippen LogP contribution in [0.2, 0.25) is 0 Å². The molecule has 0 bridgehead atoms. The Morgan fingerprint density at radius 2 is 1.52 bits per heavy atom. The molecule has 0 saturated carbocycles. The van der Waals surface area contributed by atoms with Crippen LogP contribution in [0, 0.1) is 6.92 Å². The van der Waals surface area contributed by atoms with Crippen LogP contribution in [0.4, 0.5) is 4.39 Å². The summed E-state index contributed by atoms with van der Waals surface area (Å²) in [7, 11) is -0.925. The number of benzene rings is 1. The zero-order chi connectivity index (χ0) is 15.8. The van der Waals surface area contributed by atoms with E-state index < -0.39 is 18.3 Å². The Labute approximate surface area is 127 Å². The zero-order valence-electron chi connectivity index (χ0n) is 13.8. The SMILES string of the molecule is CCC(=C(F)B1OC(C)(C)C(C)(C)O1)c1ccc(C)cc1. The van der Waals surface area contributed by atoms with Crippen molar-refractivity contribution < 1.29 is 13.7 Å². The number of hydrogen-bond acceptors (Lipinski definition) is 2. The molecule has 1 heterocycles. The second-order valence-electron chi connectivity index (χ2n) is 6.63. The van der Waals surface area contributed by atoms with Crippen molar-refractivity contribution in [3.63, 3.8) is 0 Å². The van der Waals surface area contributed by atoms with Gasteiger partial charge in [-0.1, -0.05) is 36.8 Å². The Kier molecular flexibility index (Phi) is 4.32. The molecule has 2 rings (SSSR count). The molecule has 0 unspecified atom stereocenters. The minimum absolute atomic E-state index is 0.319. The summed E-state index contributed by atoms with van der Waals surface area (Å²) in [5.74, 6) is 0.